The van der Waals surface area contributed by atoms with Crippen molar-refractivity contribution in [1.29, 1.82) is 0 Å². The zero-order valence-corrected chi connectivity index (χ0v) is 18.5. The molecular weight excluding hydrogens is 430 g/mol. The van der Waals surface area contributed by atoms with Crippen molar-refractivity contribution in [2.24, 2.45) is 0 Å². The number of imidazole rings is 1. The van der Waals surface area contributed by atoms with Crippen LogP contribution in [0, 0.1) is 18.6 Å². The van der Waals surface area contributed by atoms with E-state index in [0.29, 0.717) is 11.3 Å². The average molecular weight is 453 g/mol. The first kappa shape index (κ1) is 20.6. The van der Waals surface area contributed by atoms with Gasteiger partial charge in [-0.25, -0.2) is 18.7 Å². The highest BCUT2D eigenvalue weighted by Crippen LogP contribution is 2.42. The van der Waals surface area contributed by atoms with Gasteiger partial charge in [-0.3, -0.25) is 0 Å². The van der Waals surface area contributed by atoms with E-state index < -0.39 is 5.82 Å². The molecular formula is C24H22F2N4OS. The molecule has 0 bridgehead atoms. The Hall–Kier alpha value is -3.26. The molecule has 0 fully saturated rings. The number of H-pyrrole nitrogens is 1. The van der Waals surface area contributed by atoms with Crippen LogP contribution in [-0.2, 0) is 6.42 Å². The van der Waals surface area contributed by atoms with E-state index in [1.807, 2.05) is 31.3 Å². The van der Waals surface area contributed by atoms with Gasteiger partial charge in [-0.2, -0.15) is 0 Å². The Morgan fingerprint density at radius 1 is 1.16 bits per heavy atom. The summed E-state index contributed by atoms with van der Waals surface area (Å²) in [5.41, 5.74) is 3.81. The van der Waals surface area contributed by atoms with Crippen LogP contribution in [0.1, 0.15) is 40.6 Å². The van der Waals surface area contributed by atoms with Gasteiger partial charge in [-0.1, -0.05) is 0 Å². The summed E-state index contributed by atoms with van der Waals surface area (Å²) in [6.07, 6.45) is 4.41. The summed E-state index contributed by atoms with van der Waals surface area (Å²) in [7, 11) is 1.62. The summed E-state index contributed by atoms with van der Waals surface area (Å²) >= 11 is 1.56. The highest BCUT2D eigenvalue weighted by molar-refractivity contribution is 7.15. The van der Waals surface area contributed by atoms with Crippen LogP contribution in [0.15, 0.2) is 42.6 Å². The van der Waals surface area contributed by atoms with Crippen LogP contribution in [0.4, 0.5) is 19.6 Å². The van der Waals surface area contributed by atoms with Crippen LogP contribution >= 0.6 is 11.3 Å². The van der Waals surface area contributed by atoms with Crippen molar-refractivity contribution in [3.8, 4) is 17.1 Å². The van der Waals surface area contributed by atoms with E-state index in [-0.39, 0.29) is 11.7 Å². The van der Waals surface area contributed by atoms with E-state index >= 15 is 0 Å². The zero-order chi connectivity index (χ0) is 22.2. The smallest absolute Gasteiger partial charge is 0.187 e. The maximum absolute atomic E-state index is 14.4. The Bertz CT molecular complexity index is 1280. The number of halogens is 2. The summed E-state index contributed by atoms with van der Waals surface area (Å²) in [5, 5.41) is 4.07. The van der Waals surface area contributed by atoms with Crippen LogP contribution in [0.2, 0.25) is 0 Å². The number of rotatable bonds is 5. The summed E-state index contributed by atoms with van der Waals surface area (Å²) < 4.78 is 33.8. The van der Waals surface area contributed by atoms with Crippen molar-refractivity contribution in [2.45, 2.75) is 32.1 Å². The van der Waals surface area contributed by atoms with Gasteiger partial charge in [0.1, 0.15) is 23.2 Å². The summed E-state index contributed by atoms with van der Waals surface area (Å²) in [5.74, 6) is 0.377. The molecule has 1 aliphatic rings. The number of aryl methyl sites for hydroxylation is 2. The van der Waals surface area contributed by atoms with Crippen LogP contribution in [-0.4, -0.2) is 22.1 Å². The van der Waals surface area contributed by atoms with E-state index in [9.17, 15) is 8.78 Å². The molecule has 2 aromatic heterocycles. The highest BCUT2D eigenvalue weighted by atomic mass is 32.1. The molecule has 1 atom stereocenters. The number of fused-ring (bicyclic) bond motifs is 1. The van der Waals surface area contributed by atoms with Gasteiger partial charge in [0.2, 0.25) is 0 Å². The Morgan fingerprint density at radius 3 is 2.81 bits per heavy atom. The Morgan fingerprint density at radius 2 is 2.03 bits per heavy atom. The third-order valence-corrected chi connectivity index (χ3v) is 6.75. The molecule has 0 radical (unpaired) electrons. The minimum atomic E-state index is -0.430. The first-order chi connectivity index (χ1) is 15.5. The molecule has 0 aliphatic heterocycles. The number of hydrogen-bond donors (Lipinski definition) is 2. The standard InChI is InChI=1S/C24H22F2N4OS/c1-13-12-27-23(28-13)17-8-7-15(11-20(17)31-2)29-24-30-22-16(4-3-5-21(22)32-24)18-10-14(25)6-9-19(18)26/h6-12,16H,3-5H2,1-2H3,(H,27,28)(H,29,30). The fourth-order valence-corrected chi connectivity index (χ4v) is 5.28. The molecule has 0 amide bonds. The van der Waals surface area contributed by atoms with E-state index in [1.165, 1.54) is 12.1 Å². The van der Waals surface area contributed by atoms with E-state index in [1.54, 1.807) is 18.4 Å². The normalized spacial score (nSPS) is 15.4. The van der Waals surface area contributed by atoms with Crippen molar-refractivity contribution in [1.82, 2.24) is 15.0 Å². The van der Waals surface area contributed by atoms with Gasteiger partial charge in [0.05, 0.1) is 24.1 Å². The number of benzene rings is 2. The average Bonchev–Trinajstić information content (AvgIpc) is 3.40. The molecule has 5 rings (SSSR count). The number of aromatic nitrogens is 3. The Labute approximate surface area is 188 Å². The van der Waals surface area contributed by atoms with Gasteiger partial charge < -0.3 is 15.0 Å². The monoisotopic (exact) mass is 452 g/mol. The molecule has 32 heavy (non-hydrogen) atoms. The van der Waals surface area contributed by atoms with Crippen LogP contribution in [0.25, 0.3) is 11.4 Å². The molecule has 8 heteroatoms. The van der Waals surface area contributed by atoms with E-state index in [0.717, 1.165) is 63.8 Å². The van der Waals surface area contributed by atoms with Gasteiger partial charge in [-0.05, 0) is 62.1 Å². The second kappa shape index (κ2) is 8.35. The quantitative estimate of drug-likeness (QED) is 0.371. The lowest BCUT2D eigenvalue weighted by molar-refractivity contribution is 0.416. The highest BCUT2D eigenvalue weighted by Gasteiger charge is 2.28. The van der Waals surface area contributed by atoms with Gasteiger partial charge >= 0.3 is 0 Å². The molecule has 1 unspecified atom stereocenters. The fourth-order valence-electron chi connectivity index (χ4n) is 4.20. The van der Waals surface area contributed by atoms with Crippen LogP contribution in [0.5, 0.6) is 5.75 Å². The Balaban J connectivity index is 1.44. The zero-order valence-electron chi connectivity index (χ0n) is 17.7. The molecule has 5 nitrogen and oxygen atoms in total. The van der Waals surface area contributed by atoms with Crippen molar-refractivity contribution in [3.63, 3.8) is 0 Å². The number of hydrogen-bond acceptors (Lipinski definition) is 5. The van der Waals surface area contributed by atoms with Crippen molar-refractivity contribution in [2.75, 3.05) is 12.4 Å². The van der Waals surface area contributed by atoms with Gasteiger partial charge in [-0.15, -0.1) is 11.3 Å². The third-order valence-electron chi connectivity index (χ3n) is 5.70. The molecule has 2 N–H and O–H groups in total. The number of methoxy groups -OCH3 is 1. The van der Waals surface area contributed by atoms with E-state index in [4.69, 9.17) is 9.72 Å². The van der Waals surface area contributed by atoms with Gasteiger partial charge in [0, 0.05) is 28.7 Å². The maximum Gasteiger partial charge on any atom is 0.187 e. The lowest BCUT2D eigenvalue weighted by Crippen LogP contribution is -2.12. The first-order valence-electron chi connectivity index (χ1n) is 10.4. The molecule has 4 aromatic rings. The summed E-state index contributed by atoms with van der Waals surface area (Å²) in [6, 6.07) is 9.42. The molecule has 0 saturated carbocycles. The predicted octanol–water partition coefficient (Wildman–Crippen LogP) is 6.34. The van der Waals surface area contributed by atoms with Crippen molar-refractivity contribution >= 4 is 22.2 Å². The molecule has 2 aromatic carbocycles. The van der Waals surface area contributed by atoms with Crippen molar-refractivity contribution in [3.05, 3.63) is 76.1 Å². The number of nitrogens with one attached hydrogen (secondary N) is 2. The van der Waals surface area contributed by atoms with Crippen molar-refractivity contribution < 1.29 is 13.5 Å². The maximum atomic E-state index is 14.4. The molecule has 164 valence electrons. The molecule has 0 spiro atoms. The summed E-state index contributed by atoms with van der Waals surface area (Å²) in [6.45, 7) is 1.93. The number of anilines is 2. The lowest BCUT2D eigenvalue weighted by atomic mass is 9.85. The predicted molar refractivity (Wildman–Crippen MR) is 122 cm³/mol. The largest absolute Gasteiger partial charge is 0.496 e. The first-order valence-corrected chi connectivity index (χ1v) is 11.3. The van der Waals surface area contributed by atoms with E-state index in [2.05, 4.69) is 15.3 Å². The summed E-state index contributed by atoms with van der Waals surface area (Å²) in [4.78, 5) is 13.5. The van der Waals surface area contributed by atoms with Crippen LogP contribution < -0.4 is 10.1 Å². The minimum absolute atomic E-state index is 0.236. The topological polar surface area (TPSA) is 62.8 Å². The molecule has 2 heterocycles. The number of nitrogens with zero attached hydrogens (tertiary/aromatic N) is 2. The number of ether oxygens (including phenoxy) is 1. The second-order valence-electron chi connectivity index (χ2n) is 7.87. The number of thiazole rings is 1. The Kier molecular flexibility index (Phi) is 5.38. The minimum Gasteiger partial charge on any atom is -0.496 e. The lowest BCUT2D eigenvalue weighted by Gasteiger charge is -2.21. The number of aromatic amines is 1. The molecule has 1 aliphatic carbocycles. The van der Waals surface area contributed by atoms with Gasteiger partial charge in [0.25, 0.3) is 0 Å². The van der Waals surface area contributed by atoms with Gasteiger partial charge in [0.15, 0.2) is 5.13 Å². The van der Waals surface area contributed by atoms with Crippen LogP contribution in [0.3, 0.4) is 0 Å². The third kappa shape index (κ3) is 3.86. The second-order valence-corrected chi connectivity index (χ2v) is 8.95. The fraction of sp³-hybridized carbons (Fsp3) is 0.250. The SMILES string of the molecule is COc1cc(Nc2nc3c(s2)CCCC3c2cc(F)ccc2F)ccc1-c1nc(C)c[nH]1. The molecule has 0 saturated heterocycles.